The number of fused-ring (bicyclic) bond motifs is 3. The standard InChI is InChI=1S/C25H24ClF4N9/c26-17-1-3-21-16(9-17)11-38(18-12-35(13-18)15-25(28,29)30)14-23-33-34-24(39(21)23)37-7-5-36(6-8-37)22-4-2-19(27)20(10-31)32-22/h1-4,9,18H,5-8,11-15H2. The number of benzene rings is 1. The number of hydrogen-bond acceptors (Lipinski definition) is 8. The third kappa shape index (κ3) is 5.11. The summed E-state index contributed by atoms with van der Waals surface area (Å²) in [4.78, 5) is 11.8. The Morgan fingerprint density at radius 3 is 2.46 bits per heavy atom. The fourth-order valence-electron chi connectivity index (χ4n) is 5.45. The zero-order valence-corrected chi connectivity index (χ0v) is 21.5. The summed E-state index contributed by atoms with van der Waals surface area (Å²) in [6.07, 6.45) is -4.21. The predicted octanol–water partition coefficient (Wildman–Crippen LogP) is 3.22. The summed E-state index contributed by atoms with van der Waals surface area (Å²) < 4.78 is 54.2. The smallest absolute Gasteiger partial charge is 0.353 e. The Bertz CT molecular complexity index is 1420. The van der Waals surface area contributed by atoms with E-state index < -0.39 is 18.5 Å². The van der Waals surface area contributed by atoms with E-state index in [1.807, 2.05) is 27.7 Å². The Balaban J connectivity index is 1.23. The number of piperazine rings is 1. The monoisotopic (exact) mass is 561 g/mol. The molecule has 204 valence electrons. The minimum absolute atomic E-state index is 0.0315. The van der Waals surface area contributed by atoms with Gasteiger partial charge in [-0.05, 0) is 35.9 Å². The summed E-state index contributed by atoms with van der Waals surface area (Å²) in [5, 5.41) is 18.7. The molecule has 3 aliphatic rings. The van der Waals surface area contributed by atoms with Crippen molar-refractivity contribution in [2.75, 3.05) is 55.6 Å². The van der Waals surface area contributed by atoms with Crippen molar-refractivity contribution in [3.05, 3.63) is 58.3 Å². The number of rotatable bonds is 4. The molecule has 0 bridgehead atoms. The lowest BCUT2D eigenvalue weighted by atomic mass is 10.1. The number of aromatic nitrogens is 4. The van der Waals surface area contributed by atoms with Gasteiger partial charge >= 0.3 is 6.18 Å². The maximum Gasteiger partial charge on any atom is 0.401 e. The normalized spacial score (nSPS) is 18.8. The fraction of sp³-hybridized carbons (Fsp3) is 0.440. The summed E-state index contributed by atoms with van der Waals surface area (Å²) in [5.41, 5.74) is 1.62. The maximum absolute atomic E-state index is 13.7. The molecule has 0 saturated carbocycles. The van der Waals surface area contributed by atoms with Crippen LogP contribution in [0.25, 0.3) is 5.69 Å². The van der Waals surface area contributed by atoms with Gasteiger partial charge in [0, 0.05) is 56.9 Å². The quantitative estimate of drug-likeness (QED) is 0.449. The van der Waals surface area contributed by atoms with E-state index >= 15 is 0 Å². The molecule has 9 nitrogen and oxygen atoms in total. The van der Waals surface area contributed by atoms with Gasteiger partial charge in [-0.25, -0.2) is 9.37 Å². The molecule has 0 atom stereocenters. The summed E-state index contributed by atoms with van der Waals surface area (Å²) in [6.45, 7) is 3.12. The first-order valence-corrected chi connectivity index (χ1v) is 12.9. The van der Waals surface area contributed by atoms with Gasteiger partial charge < -0.3 is 9.80 Å². The first-order chi connectivity index (χ1) is 18.7. The number of hydrogen-bond donors (Lipinski definition) is 0. The molecule has 2 saturated heterocycles. The molecule has 0 N–H and O–H groups in total. The van der Waals surface area contributed by atoms with Gasteiger partial charge in [-0.3, -0.25) is 14.4 Å². The highest BCUT2D eigenvalue weighted by Crippen LogP contribution is 2.33. The Morgan fingerprint density at radius 1 is 1.00 bits per heavy atom. The number of nitrogens with zero attached hydrogens (tertiary/aromatic N) is 9. The van der Waals surface area contributed by atoms with Crippen LogP contribution in [0.4, 0.5) is 29.3 Å². The van der Waals surface area contributed by atoms with E-state index in [4.69, 9.17) is 16.9 Å². The number of anilines is 2. The number of likely N-dealkylation sites (tertiary alicyclic amines) is 1. The van der Waals surface area contributed by atoms with Crippen molar-refractivity contribution in [2.24, 2.45) is 0 Å². The van der Waals surface area contributed by atoms with Crippen LogP contribution in [-0.2, 0) is 13.1 Å². The molecule has 6 rings (SSSR count). The average molecular weight is 562 g/mol. The molecule has 39 heavy (non-hydrogen) atoms. The van der Waals surface area contributed by atoms with Crippen LogP contribution < -0.4 is 9.80 Å². The van der Waals surface area contributed by atoms with Crippen LogP contribution in [-0.4, -0.2) is 87.6 Å². The topological polar surface area (TPSA) is 80.3 Å². The molecular weight excluding hydrogens is 538 g/mol. The fourth-order valence-corrected chi connectivity index (χ4v) is 5.65. The van der Waals surface area contributed by atoms with Crippen LogP contribution in [0.5, 0.6) is 0 Å². The van der Waals surface area contributed by atoms with Crippen LogP contribution in [0.2, 0.25) is 5.02 Å². The van der Waals surface area contributed by atoms with Crippen molar-refractivity contribution < 1.29 is 17.6 Å². The minimum Gasteiger partial charge on any atom is -0.353 e. The van der Waals surface area contributed by atoms with Crippen molar-refractivity contribution in [2.45, 2.75) is 25.3 Å². The lowest BCUT2D eigenvalue weighted by molar-refractivity contribution is -0.161. The van der Waals surface area contributed by atoms with Gasteiger partial charge in [0.05, 0.1) is 18.8 Å². The van der Waals surface area contributed by atoms with Crippen LogP contribution >= 0.6 is 11.6 Å². The van der Waals surface area contributed by atoms with Crippen molar-refractivity contribution in [3.63, 3.8) is 0 Å². The van der Waals surface area contributed by atoms with Gasteiger partial charge in [-0.15, -0.1) is 10.2 Å². The number of halogens is 5. The van der Waals surface area contributed by atoms with E-state index in [0.29, 0.717) is 75.0 Å². The van der Waals surface area contributed by atoms with Crippen LogP contribution in [0.3, 0.4) is 0 Å². The van der Waals surface area contributed by atoms with Gasteiger partial charge in [0.2, 0.25) is 5.95 Å². The highest BCUT2D eigenvalue weighted by atomic mass is 35.5. The average Bonchev–Trinajstić information content (AvgIpc) is 3.22. The van der Waals surface area contributed by atoms with Gasteiger partial charge in [0.1, 0.15) is 11.9 Å². The molecule has 0 spiro atoms. The largest absolute Gasteiger partial charge is 0.401 e. The minimum atomic E-state index is -4.21. The first kappa shape index (κ1) is 25.8. The Hall–Kier alpha value is -3.47. The number of nitriles is 1. The molecule has 14 heteroatoms. The molecule has 2 fully saturated rings. The van der Waals surface area contributed by atoms with Gasteiger partial charge in [0.15, 0.2) is 17.3 Å². The van der Waals surface area contributed by atoms with Gasteiger partial charge in [0.25, 0.3) is 0 Å². The van der Waals surface area contributed by atoms with Crippen LogP contribution in [0.1, 0.15) is 17.1 Å². The second-order valence-corrected chi connectivity index (χ2v) is 10.4. The number of pyridine rings is 1. The van der Waals surface area contributed by atoms with E-state index in [2.05, 4.69) is 25.0 Å². The summed E-state index contributed by atoms with van der Waals surface area (Å²) in [6, 6.07) is 10.2. The van der Waals surface area contributed by atoms with Gasteiger partial charge in [-0.1, -0.05) is 11.6 Å². The second kappa shape index (κ2) is 9.93. The molecule has 0 radical (unpaired) electrons. The van der Waals surface area contributed by atoms with Crippen LogP contribution in [0, 0.1) is 17.1 Å². The predicted molar refractivity (Wildman–Crippen MR) is 135 cm³/mol. The van der Waals surface area contributed by atoms with Gasteiger partial charge in [-0.2, -0.15) is 18.4 Å². The molecule has 3 aromatic rings. The highest BCUT2D eigenvalue weighted by Gasteiger charge is 2.40. The Labute approximate surface area is 226 Å². The lowest BCUT2D eigenvalue weighted by Gasteiger charge is -2.45. The van der Waals surface area contributed by atoms with Crippen molar-refractivity contribution in [1.29, 1.82) is 5.26 Å². The molecule has 0 amide bonds. The van der Waals surface area contributed by atoms with E-state index in [0.717, 1.165) is 11.3 Å². The molecule has 5 heterocycles. The molecule has 0 aliphatic carbocycles. The third-order valence-corrected chi connectivity index (χ3v) is 7.63. The molecular formula is C25H24ClF4N9. The van der Waals surface area contributed by atoms with Crippen molar-refractivity contribution >= 4 is 23.4 Å². The second-order valence-electron chi connectivity index (χ2n) is 9.98. The lowest BCUT2D eigenvalue weighted by Crippen LogP contribution is -2.60. The summed E-state index contributed by atoms with van der Waals surface area (Å²) >= 11 is 6.34. The van der Waals surface area contributed by atoms with Crippen LogP contribution in [0.15, 0.2) is 30.3 Å². The molecule has 1 aromatic carbocycles. The van der Waals surface area contributed by atoms with E-state index in [-0.39, 0.29) is 11.7 Å². The first-order valence-electron chi connectivity index (χ1n) is 12.5. The molecule has 0 unspecified atom stereocenters. The number of alkyl halides is 3. The summed E-state index contributed by atoms with van der Waals surface area (Å²) in [5.74, 6) is 1.28. The summed E-state index contributed by atoms with van der Waals surface area (Å²) in [7, 11) is 0. The zero-order chi connectivity index (χ0) is 27.3. The Kier molecular flexibility index (Phi) is 6.57. The molecule has 3 aliphatic heterocycles. The van der Waals surface area contributed by atoms with Crippen molar-refractivity contribution in [1.82, 2.24) is 29.5 Å². The Morgan fingerprint density at radius 2 is 1.74 bits per heavy atom. The zero-order valence-electron chi connectivity index (χ0n) is 20.7. The van der Waals surface area contributed by atoms with E-state index in [1.54, 1.807) is 12.1 Å². The SMILES string of the molecule is N#Cc1nc(N2CCN(c3nnc4n3-c3ccc(Cl)cc3CN(C3CN(CC(F)(F)F)C3)C4)CC2)ccc1F. The van der Waals surface area contributed by atoms with Crippen molar-refractivity contribution in [3.8, 4) is 11.8 Å². The maximum atomic E-state index is 13.7. The van der Waals surface area contributed by atoms with E-state index in [9.17, 15) is 17.6 Å². The third-order valence-electron chi connectivity index (χ3n) is 7.39. The molecule has 2 aromatic heterocycles. The van der Waals surface area contributed by atoms with E-state index in [1.165, 1.54) is 11.0 Å². The highest BCUT2D eigenvalue weighted by molar-refractivity contribution is 6.30.